The molecule has 5 aromatic rings. The number of ether oxygens (including phenoxy) is 2. The van der Waals surface area contributed by atoms with E-state index in [2.05, 4.69) is 6.07 Å². The van der Waals surface area contributed by atoms with Crippen molar-refractivity contribution >= 4 is 52.3 Å². The van der Waals surface area contributed by atoms with Gasteiger partial charge in [0.05, 0.1) is 40.1 Å². The third-order valence-corrected chi connectivity index (χ3v) is 8.77. The number of nitrogens with zero attached hydrogens (tertiary/aromatic N) is 3. The van der Waals surface area contributed by atoms with Gasteiger partial charge in [0.15, 0.2) is 4.80 Å². The number of hydrogen-bond donors (Lipinski definition) is 0. The predicted molar refractivity (Wildman–Crippen MR) is 179 cm³/mol. The molecule has 0 fully saturated rings. The summed E-state index contributed by atoms with van der Waals surface area (Å²) in [7, 11) is 0. The quantitative estimate of drug-likeness (QED) is 0.172. The van der Waals surface area contributed by atoms with Crippen LogP contribution in [-0.2, 0) is 16.1 Å². The minimum absolute atomic E-state index is 0.155. The minimum Gasteiger partial charge on any atom is -0.488 e. The summed E-state index contributed by atoms with van der Waals surface area (Å²) in [4.78, 5) is 33.2. The summed E-state index contributed by atoms with van der Waals surface area (Å²) in [6, 6.07) is 30.0. The van der Waals surface area contributed by atoms with Crippen LogP contribution in [0, 0.1) is 11.3 Å². The Hall–Kier alpha value is -4.94. The van der Waals surface area contributed by atoms with Gasteiger partial charge in [-0.3, -0.25) is 9.36 Å². The molecule has 4 aromatic carbocycles. The normalized spacial score (nSPS) is 14.3. The molecule has 2 heterocycles. The molecule has 0 saturated heterocycles. The molecule has 0 saturated carbocycles. The Morgan fingerprint density at radius 1 is 1.00 bits per heavy atom. The van der Waals surface area contributed by atoms with Crippen molar-refractivity contribution in [1.29, 1.82) is 5.26 Å². The number of aromatic nitrogens is 1. The fraction of sp³-hybridized carbons (Fsp3) is 0.111. The maximum atomic E-state index is 14.3. The molecule has 6 rings (SSSR count). The molecule has 1 aliphatic heterocycles. The number of rotatable bonds is 8. The molecule has 7 nitrogen and oxygen atoms in total. The highest BCUT2D eigenvalue weighted by Crippen LogP contribution is 2.35. The molecule has 0 amide bonds. The first-order valence-electron chi connectivity index (χ1n) is 14.3. The summed E-state index contributed by atoms with van der Waals surface area (Å²) in [5.74, 6) is -0.0429. The van der Waals surface area contributed by atoms with Gasteiger partial charge >= 0.3 is 5.97 Å². The molecule has 46 heavy (non-hydrogen) atoms. The number of carbonyl (C=O) groups is 1. The van der Waals surface area contributed by atoms with Crippen LogP contribution in [0.4, 0.5) is 0 Å². The monoisotopic (exact) mass is 665 g/mol. The van der Waals surface area contributed by atoms with E-state index in [9.17, 15) is 9.59 Å². The third-order valence-electron chi connectivity index (χ3n) is 7.30. The van der Waals surface area contributed by atoms with E-state index in [1.54, 1.807) is 67.6 Å². The lowest BCUT2D eigenvalue weighted by molar-refractivity contribution is -0.138. The van der Waals surface area contributed by atoms with Gasteiger partial charge in [0.1, 0.15) is 12.4 Å². The van der Waals surface area contributed by atoms with Crippen molar-refractivity contribution < 1.29 is 14.3 Å². The summed E-state index contributed by atoms with van der Waals surface area (Å²) in [6.45, 7) is 2.14. The molecule has 10 heteroatoms. The van der Waals surface area contributed by atoms with Crippen LogP contribution in [-0.4, -0.2) is 17.1 Å². The highest BCUT2D eigenvalue weighted by molar-refractivity contribution is 7.07. The third kappa shape index (κ3) is 6.40. The van der Waals surface area contributed by atoms with E-state index < -0.39 is 12.0 Å². The van der Waals surface area contributed by atoms with Gasteiger partial charge in [0, 0.05) is 21.2 Å². The molecule has 228 valence electrons. The molecule has 1 atom stereocenters. The van der Waals surface area contributed by atoms with Gasteiger partial charge in [-0.05, 0) is 66.6 Å². The van der Waals surface area contributed by atoms with Crippen molar-refractivity contribution in [1.82, 2.24) is 4.57 Å². The molecular weight excluding hydrogens is 641 g/mol. The van der Waals surface area contributed by atoms with Crippen LogP contribution >= 0.6 is 34.5 Å². The lowest BCUT2D eigenvalue weighted by atomic mass is 9.93. The highest BCUT2D eigenvalue weighted by Gasteiger charge is 2.35. The van der Waals surface area contributed by atoms with E-state index in [1.807, 2.05) is 42.5 Å². The van der Waals surface area contributed by atoms with Gasteiger partial charge in [-0.25, -0.2) is 9.79 Å². The van der Waals surface area contributed by atoms with E-state index in [1.165, 1.54) is 15.9 Å². The molecule has 0 spiro atoms. The number of carbonyl (C=O) groups excluding carboxylic acids is 1. The van der Waals surface area contributed by atoms with Crippen LogP contribution in [0.2, 0.25) is 10.0 Å². The predicted octanol–water partition coefficient (Wildman–Crippen LogP) is 6.69. The second-order valence-corrected chi connectivity index (χ2v) is 12.1. The zero-order chi connectivity index (χ0) is 32.2. The van der Waals surface area contributed by atoms with E-state index in [-0.39, 0.29) is 24.3 Å². The summed E-state index contributed by atoms with van der Waals surface area (Å²) in [5.41, 5.74) is 3.78. The average Bonchev–Trinajstić information content (AvgIpc) is 3.38. The molecule has 0 N–H and O–H groups in total. The van der Waals surface area contributed by atoms with Gasteiger partial charge in [-0.2, -0.15) is 5.26 Å². The van der Waals surface area contributed by atoms with Crippen LogP contribution < -0.4 is 19.6 Å². The zero-order valence-electron chi connectivity index (χ0n) is 24.4. The van der Waals surface area contributed by atoms with Crippen molar-refractivity contribution in [3.8, 4) is 11.8 Å². The number of halogens is 2. The first kappa shape index (κ1) is 31.1. The summed E-state index contributed by atoms with van der Waals surface area (Å²) < 4.78 is 13.6. The molecule has 0 aliphatic carbocycles. The molecule has 1 aliphatic rings. The van der Waals surface area contributed by atoms with Crippen LogP contribution in [0.3, 0.4) is 0 Å². The molecule has 0 bridgehead atoms. The number of nitriles is 1. The van der Waals surface area contributed by atoms with Crippen molar-refractivity contribution in [2.75, 3.05) is 6.61 Å². The van der Waals surface area contributed by atoms with Crippen molar-refractivity contribution in [2.45, 2.75) is 19.6 Å². The van der Waals surface area contributed by atoms with Crippen molar-refractivity contribution in [3.05, 3.63) is 160 Å². The van der Waals surface area contributed by atoms with Crippen LogP contribution in [0.5, 0.6) is 5.75 Å². The molecule has 1 aromatic heterocycles. The second-order valence-electron chi connectivity index (χ2n) is 10.3. The molecule has 0 unspecified atom stereocenters. The van der Waals surface area contributed by atoms with Gasteiger partial charge < -0.3 is 9.47 Å². The maximum absolute atomic E-state index is 14.3. The summed E-state index contributed by atoms with van der Waals surface area (Å²) in [6.07, 6.45) is 1.72. The van der Waals surface area contributed by atoms with Crippen molar-refractivity contribution in [2.24, 2.45) is 4.99 Å². The van der Waals surface area contributed by atoms with Crippen LogP contribution in [0.15, 0.2) is 112 Å². The Bertz CT molecular complexity index is 2180. The van der Waals surface area contributed by atoms with Gasteiger partial charge in [0.2, 0.25) is 0 Å². The Kier molecular flexibility index (Phi) is 9.18. The largest absolute Gasteiger partial charge is 0.488 e. The lowest BCUT2D eigenvalue weighted by Gasteiger charge is -2.25. The first-order chi connectivity index (χ1) is 22.4. The minimum atomic E-state index is -0.823. The number of hydrogen-bond acceptors (Lipinski definition) is 7. The molecular formula is C36H25Cl2N3O4S. The fourth-order valence-corrected chi connectivity index (χ4v) is 6.44. The fourth-order valence-electron chi connectivity index (χ4n) is 5.14. The SMILES string of the molecule is CCOC(=O)C1=C(c2ccccc2)N=c2s/c(=C\c3cc(Cl)ccc3OCc3ccc(C#N)cc3)c(=O)n2[C@@H]1c1ccc(Cl)cc1. The maximum Gasteiger partial charge on any atom is 0.338 e. The van der Waals surface area contributed by atoms with E-state index in [4.69, 9.17) is 42.9 Å². The van der Waals surface area contributed by atoms with Crippen molar-refractivity contribution in [3.63, 3.8) is 0 Å². The first-order valence-corrected chi connectivity index (χ1v) is 15.9. The number of fused-ring (bicyclic) bond motifs is 1. The zero-order valence-corrected chi connectivity index (χ0v) is 26.8. The van der Waals surface area contributed by atoms with Gasteiger partial charge in [0.25, 0.3) is 5.56 Å². The highest BCUT2D eigenvalue weighted by atomic mass is 35.5. The topological polar surface area (TPSA) is 93.7 Å². The van der Waals surface area contributed by atoms with E-state index in [0.717, 1.165) is 11.1 Å². The number of esters is 1. The summed E-state index contributed by atoms with van der Waals surface area (Å²) >= 11 is 13.8. The van der Waals surface area contributed by atoms with Gasteiger partial charge in [-0.1, -0.05) is 89.1 Å². The standard InChI is InChI=1S/C36H25Cl2N3O4S/c1-2-44-35(43)31-32(24-6-4-3-5-7-24)40-36-41(33(31)25-12-14-27(37)15-13-25)34(42)30(46-36)19-26-18-28(38)16-17-29(26)45-21-23-10-8-22(20-39)9-11-23/h3-19,33H,2,21H2,1H3/b30-19-/t33-/m1/s1. The van der Waals surface area contributed by atoms with E-state index >= 15 is 0 Å². The molecule has 0 radical (unpaired) electrons. The number of benzene rings is 4. The van der Waals surface area contributed by atoms with E-state index in [0.29, 0.717) is 47.5 Å². The smallest absolute Gasteiger partial charge is 0.338 e. The van der Waals surface area contributed by atoms with Crippen LogP contribution in [0.25, 0.3) is 11.8 Å². The van der Waals surface area contributed by atoms with Crippen LogP contribution in [0.1, 0.15) is 40.8 Å². The Morgan fingerprint density at radius 2 is 1.72 bits per heavy atom. The second kappa shape index (κ2) is 13.6. The number of thiazole rings is 1. The average molecular weight is 667 g/mol. The Morgan fingerprint density at radius 3 is 2.41 bits per heavy atom. The lowest BCUT2D eigenvalue weighted by Crippen LogP contribution is -2.40. The Balaban J connectivity index is 1.51. The van der Waals surface area contributed by atoms with Gasteiger partial charge in [-0.15, -0.1) is 0 Å². The Labute approximate surface area is 278 Å². The summed E-state index contributed by atoms with van der Waals surface area (Å²) in [5, 5.41) is 10.1.